The van der Waals surface area contributed by atoms with Gasteiger partial charge in [-0.1, -0.05) is 81.3 Å². The molecule has 0 aliphatic carbocycles. The number of rotatable bonds is 15. The van der Waals surface area contributed by atoms with Crippen molar-refractivity contribution in [1.29, 1.82) is 0 Å². The van der Waals surface area contributed by atoms with Crippen molar-refractivity contribution in [2.24, 2.45) is 0 Å². The number of hydrogen-bond acceptors (Lipinski definition) is 7. The van der Waals surface area contributed by atoms with Gasteiger partial charge in [0.1, 0.15) is 17.7 Å². The van der Waals surface area contributed by atoms with E-state index in [1.54, 1.807) is 47.1 Å². The number of aryl methyl sites for hydroxylation is 1. The van der Waals surface area contributed by atoms with Gasteiger partial charge in [0.25, 0.3) is 11.8 Å². The second-order valence-corrected chi connectivity index (χ2v) is 14.8. The van der Waals surface area contributed by atoms with Gasteiger partial charge in [-0.2, -0.15) is 10.2 Å². The molecule has 0 spiro atoms. The zero-order valence-corrected chi connectivity index (χ0v) is 33.2. The Labute approximate surface area is 338 Å². The average molecular weight is 784 g/mol. The number of unbranched alkanes of at least 4 members (excludes halogenated alkanes) is 2. The summed E-state index contributed by atoms with van der Waals surface area (Å²) in [6, 6.07) is 31.5. The van der Waals surface area contributed by atoms with E-state index < -0.39 is 18.0 Å². The predicted molar refractivity (Wildman–Crippen MR) is 222 cm³/mol. The van der Waals surface area contributed by atoms with Crippen LogP contribution in [0.4, 0.5) is 10.1 Å². The predicted octanol–water partition coefficient (Wildman–Crippen LogP) is 7.88. The molecule has 2 amide bonds. The number of amides is 2. The molecule has 0 saturated carbocycles. The van der Waals surface area contributed by atoms with Gasteiger partial charge in [-0.05, 0) is 91.9 Å². The molecule has 6 aromatic rings. The molecule has 1 unspecified atom stereocenters. The van der Waals surface area contributed by atoms with Crippen molar-refractivity contribution in [3.8, 4) is 22.6 Å². The highest BCUT2D eigenvalue weighted by molar-refractivity contribution is 6.04. The lowest BCUT2D eigenvalue weighted by atomic mass is 9.93. The Morgan fingerprint density at radius 3 is 2.24 bits per heavy atom. The van der Waals surface area contributed by atoms with Crippen LogP contribution in [-0.2, 0) is 13.0 Å². The monoisotopic (exact) mass is 783 g/mol. The van der Waals surface area contributed by atoms with Crippen molar-refractivity contribution in [3.63, 3.8) is 0 Å². The zero-order valence-electron chi connectivity index (χ0n) is 33.2. The van der Waals surface area contributed by atoms with Crippen LogP contribution in [0.15, 0.2) is 109 Å². The van der Waals surface area contributed by atoms with E-state index in [4.69, 9.17) is 10.2 Å². The first-order chi connectivity index (χ1) is 28.2. The molecule has 0 fully saturated rings. The molecule has 3 heterocycles. The highest BCUT2D eigenvalue weighted by Crippen LogP contribution is 2.35. The molecule has 1 aliphatic rings. The number of nitrogens with zero attached hydrogens (tertiary/aromatic N) is 6. The molecule has 7 rings (SSSR count). The number of nitrogens with one attached hydrogen (secondary N) is 1. The minimum atomic E-state index is -1.24. The van der Waals surface area contributed by atoms with E-state index in [1.165, 1.54) is 16.8 Å². The minimum Gasteiger partial charge on any atom is -0.395 e. The van der Waals surface area contributed by atoms with E-state index in [9.17, 15) is 24.2 Å². The van der Waals surface area contributed by atoms with Gasteiger partial charge in [0, 0.05) is 48.2 Å². The molecule has 12 heteroatoms. The molecule has 3 N–H and O–H groups in total. The van der Waals surface area contributed by atoms with Crippen LogP contribution in [-0.4, -0.2) is 77.1 Å². The minimum absolute atomic E-state index is 0.143. The first-order valence-corrected chi connectivity index (χ1v) is 20.0. The number of aliphatic hydroxyl groups excluding tert-OH is 2. The van der Waals surface area contributed by atoms with E-state index in [2.05, 4.69) is 19.2 Å². The number of carbonyl (C=O) groups excluding carboxylic acids is 2. The summed E-state index contributed by atoms with van der Waals surface area (Å²) in [6.07, 6.45) is 3.01. The first-order valence-electron chi connectivity index (χ1n) is 20.0. The standard InChI is InChI=1S/C46H50FN7O4/c1-4-6-23-51(24-7-5-2)46(58)41-25-31(3)53(50-41)42-22-19-36(27-39(42)45(57)52-29-34-16-12-11-15-33(34)26-38(52)30-55)48-44(56)43-28-40(32-13-9-8-10-14-32)49-54(43)37-20-17-35(47)18-21-37/h8-22,25,27-28,38,45,55,57H,4-7,23-24,26,29-30H2,1-3H3,(H,48,56)/t38-,45?/m0/s1. The molecule has 1 aliphatic heterocycles. The summed E-state index contributed by atoms with van der Waals surface area (Å²) in [7, 11) is 0. The van der Waals surface area contributed by atoms with E-state index in [0.29, 0.717) is 65.8 Å². The van der Waals surface area contributed by atoms with Crippen molar-refractivity contribution in [2.75, 3.05) is 25.0 Å². The Kier molecular flexibility index (Phi) is 12.6. The number of fused-ring (bicyclic) bond motifs is 1. The summed E-state index contributed by atoms with van der Waals surface area (Å²) in [5.41, 5.74) is 6.58. The number of benzene rings is 4. The van der Waals surface area contributed by atoms with E-state index in [0.717, 1.165) is 42.4 Å². The number of aliphatic hydroxyl groups is 2. The molecular formula is C46H50FN7O4. The molecule has 300 valence electrons. The quantitative estimate of drug-likeness (QED) is 0.0967. The normalized spacial score (nSPS) is 14.6. The third-order valence-electron chi connectivity index (χ3n) is 10.8. The van der Waals surface area contributed by atoms with Gasteiger partial charge in [-0.15, -0.1) is 0 Å². The first kappa shape index (κ1) is 40.3. The Morgan fingerprint density at radius 1 is 0.862 bits per heavy atom. The van der Waals surface area contributed by atoms with Crippen LogP contribution >= 0.6 is 0 Å². The maximum Gasteiger partial charge on any atom is 0.274 e. The molecule has 4 aromatic carbocycles. The van der Waals surface area contributed by atoms with Crippen LogP contribution in [0.5, 0.6) is 0 Å². The number of halogens is 1. The maximum atomic E-state index is 14.2. The largest absolute Gasteiger partial charge is 0.395 e. The topological polar surface area (TPSA) is 129 Å². The van der Waals surface area contributed by atoms with Crippen LogP contribution in [0.3, 0.4) is 0 Å². The summed E-state index contributed by atoms with van der Waals surface area (Å²) in [5, 5.41) is 35.5. The molecule has 2 aromatic heterocycles. The van der Waals surface area contributed by atoms with E-state index in [1.807, 2.05) is 71.3 Å². The smallest absolute Gasteiger partial charge is 0.274 e. The van der Waals surface area contributed by atoms with Crippen molar-refractivity contribution >= 4 is 17.5 Å². The van der Waals surface area contributed by atoms with Crippen molar-refractivity contribution < 1.29 is 24.2 Å². The van der Waals surface area contributed by atoms with Crippen molar-refractivity contribution in [3.05, 3.63) is 149 Å². The fourth-order valence-corrected chi connectivity index (χ4v) is 7.54. The lowest BCUT2D eigenvalue weighted by Gasteiger charge is -2.39. The fraction of sp³-hybridized carbons (Fsp3) is 0.304. The molecule has 0 radical (unpaired) electrons. The molecule has 0 bridgehead atoms. The molecule has 11 nitrogen and oxygen atoms in total. The van der Waals surface area contributed by atoms with Crippen LogP contribution in [0, 0.1) is 12.7 Å². The fourth-order valence-electron chi connectivity index (χ4n) is 7.54. The van der Waals surface area contributed by atoms with E-state index in [-0.39, 0.29) is 24.2 Å². The summed E-state index contributed by atoms with van der Waals surface area (Å²) in [6.45, 7) is 7.56. The van der Waals surface area contributed by atoms with Crippen LogP contribution < -0.4 is 5.32 Å². The lowest BCUT2D eigenvalue weighted by molar-refractivity contribution is -0.0529. The Hall–Kier alpha value is -5.95. The highest BCUT2D eigenvalue weighted by Gasteiger charge is 2.33. The van der Waals surface area contributed by atoms with Crippen LogP contribution in [0.2, 0.25) is 0 Å². The summed E-state index contributed by atoms with van der Waals surface area (Å²) in [4.78, 5) is 31.8. The van der Waals surface area contributed by atoms with Crippen molar-refractivity contribution in [2.45, 2.75) is 71.7 Å². The Bertz CT molecular complexity index is 2350. The summed E-state index contributed by atoms with van der Waals surface area (Å²) < 4.78 is 17.1. The summed E-state index contributed by atoms with van der Waals surface area (Å²) >= 11 is 0. The van der Waals surface area contributed by atoms with Gasteiger partial charge in [0.15, 0.2) is 5.69 Å². The lowest BCUT2D eigenvalue weighted by Crippen LogP contribution is -2.45. The maximum absolute atomic E-state index is 14.2. The van der Waals surface area contributed by atoms with Gasteiger partial charge in [-0.25, -0.2) is 13.8 Å². The van der Waals surface area contributed by atoms with Gasteiger partial charge in [0.2, 0.25) is 0 Å². The second-order valence-electron chi connectivity index (χ2n) is 14.8. The average Bonchev–Trinajstić information content (AvgIpc) is 3.88. The Balaban J connectivity index is 1.28. The third-order valence-corrected chi connectivity index (χ3v) is 10.8. The SMILES string of the molecule is CCCCN(CCCC)C(=O)c1cc(C)n(-c2ccc(NC(=O)c3cc(-c4ccccc4)nn3-c3ccc(F)cc3)cc2C(O)N2Cc3ccccc3C[C@H]2CO)n1. The molecule has 58 heavy (non-hydrogen) atoms. The molecule has 2 atom stereocenters. The van der Waals surface area contributed by atoms with E-state index >= 15 is 0 Å². The number of carbonyl (C=O) groups is 2. The second kappa shape index (κ2) is 18.1. The third kappa shape index (κ3) is 8.64. The molecular weight excluding hydrogens is 734 g/mol. The van der Waals surface area contributed by atoms with Crippen LogP contribution in [0.25, 0.3) is 22.6 Å². The number of hydrogen-bond donors (Lipinski definition) is 3. The molecule has 0 saturated heterocycles. The van der Waals surface area contributed by atoms with Crippen molar-refractivity contribution in [1.82, 2.24) is 29.4 Å². The van der Waals surface area contributed by atoms with Gasteiger partial charge in [0.05, 0.1) is 23.7 Å². The van der Waals surface area contributed by atoms with Gasteiger partial charge >= 0.3 is 0 Å². The van der Waals surface area contributed by atoms with Crippen LogP contribution in [0.1, 0.15) is 89.1 Å². The van der Waals surface area contributed by atoms with Gasteiger partial charge in [-0.3, -0.25) is 14.5 Å². The number of anilines is 1. The zero-order chi connectivity index (χ0) is 40.8. The Morgan fingerprint density at radius 2 is 1.55 bits per heavy atom. The highest BCUT2D eigenvalue weighted by atomic mass is 19.1. The summed E-state index contributed by atoms with van der Waals surface area (Å²) in [5.74, 6) is -1.03. The van der Waals surface area contributed by atoms with Gasteiger partial charge < -0.3 is 20.4 Å². The number of aromatic nitrogens is 4.